The van der Waals surface area contributed by atoms with Gasteiger partial charge < -0.3 is 15.5 Å². The van der Waals surface area contributed by atoms with Gasteiger partial charge in [0.2, 0.25) is 5.91 Å². The SMILES string of the molecule is CN(CCC(N)=S)C(=O)CCN(C)C1CCCCCC1. The minimum atomic E-state index is 0.182. The van der Waals surface area contributed by atoms with Gasteiger partial charge in [0.05, 0.1) is 4.99 Å². The number of thiocarbonyl (C=S) groups is 1. The summed E-state index contributed by atoms with van der Waals surface area (Å²) in [7, 11) is 3.98. The van der Waals surface area contributed by atoms with Gasteiger partial charge in [-0.1, -0.05) is 37.9 Å². The topological polar surface area (TPSA) is 49.6 Å². The largest absolute Gasteiger partial charge is 0.393 e. The van der Waals surface area contributed by atoms with E-state index in [9.17, 15) is 4.79 Å². The van der Waals surface area contributed by atoms with Gasteiger partial charge in [-0.25, -0.2) is 0 Å². The lowest BCUT2D eigenvalue weighted by atomic mass is 10.1. The van der Waals surface area contributed by atoms with Crippen molar-refractivity contribution in [3.63, 3.8) is 0 Å². The first-order chi connectivity index (χ1) is 9.50. The molecule has 0 spiro atoms. The number of carbonyl (C=O) groups is 1. The van der Waals surface area contributed by atoms with Crippen molar-refractivity contribution in [2.24, 2.45) is 5.73 Å². The summed E-state index contributed by atoms with van der Waals surface area (Å²) in [6.07, 6.45) is 9.14. The second kappa shape index (κ2) is 9.29. The minimum absolute atomic E-state index is 0.182. The zero-order chi connectivity index (χ0) is 15.0. The lowest BCUT2D eigenvalue weighted by Gasteiger charge is -2.27. The van der Waals surface area contributed by atoms with E-state index in [1.807, 2.05) is 7.05 Å². The van der Waals surface area contributed by atoms with Crippen LogP contribution in [-0.2, 0) is 4.79 Å². The van der Waals surface area contributed by atoms with Crippen molar-refractivity contribution in [2.45, 2.75) is 57.4 Å². The summed E-state index contributed by atoms with van der Waals surface area (Å²) < 4.78 is 0. The number of hydrogen-bond donors (Lipinski definition) is 1. The predicted molar refractivity (Wildman–Crippen MR) is 87.8 cm³/mol. The van der Waals surface area contributed by atoms with Gasteiger partial charge in [0.1, 0.15) is 0 Å². The molecule has 0 bridgehead atoms. The highest BCUT2D eigenvalue weighted by Crippen LogP contribution is 2.21. The van der Waals surface area contributed by atoms with Gasteiger partial charge in [0, 0.05) is 39.0 Å². The van der Waals surface area contributed by atoms with Crippen LogP contribution in [0.2, 0.25) is 0 Å². The van der Waals surface area contributed by atoms with Crippen LogP contribution in [0.15, 0.2) is 0 Å². The van der Waals surface area contributed by atoms with Crippen molar-refractivity contribution in [3.8, 4) is 0 Å². The molecular formula is C15H29N3OS. The van der Waals surface area contributed by atoms with E-state index in [2.05, 4.69) is 11.9 Å². The van der Waals surface area contributed by atoms with Crippen LogP contribution in [0.1, 0.15) is 51.4 Å². The molecule has 0 radical (unpaired) electrons. The Hall–Kier alpha value is -0.680. The van der Waals surface area contributed by atoms with Crippen molar-refractivity contribution >= 4 is 23.1 Å². The average Bonchev–Trinajstić information content (AvgIpc) is 2.70. The van der Waals surface area contributed by atoms with E-state index in [1.54, 1.807) is 4.90 Å². The predicted octanol–water partition coefficient (Wildman–Crippen LogP) is 2.17. The first-order valence-corrected chi connectivity index (χ1v) is 8.14. The number of carbonyl (C=O) groups excluding carboxylic acids is 1. The van der Waals surface area contributed by atoms with Crippen molar-refractivity contribution in [2.75, 3.05) is 27.2 Å². The molecule has 20 heavy (non-hydrogen) atoms. The summed E-state index contributed by atoms with van der Waals surface area (Å²) >= 11 is 4.84. The molecule has 0 unspecified atom stereocenters. The molecule has 0 aromatic heterocycles. The standard InChI is InChI=1S/C15H29N3OS/c1-17(13-7-5-3-4-6-8-13)12-10-15(19)18(2)11-9-14(16)20/h13H,3-12H2,1-2H3,(H2,16,20). The second-order valence-electron chi connectivity index (χ2n) is 5.91. The molecule has 1 aliphatic carbocycles. The maximum Gasteiger partial charge on any atom is 0.223 e. The maximum absolute atomic E-state index is 12.0. The highest BCUT2D eigenvalue weighted by atomic mass is 32.1. The lowest BCUT2D eigenvalue weighted by molar-refractivity contribution is -0.130. The highest BCUT2D eigenvalue weighted by molar-refractivity contribution is 7.80. The molecule has 1 aliphatic rings. The lowest BCUT2D eigenvalue weighted by Crippen LogP contribution is -2.36. The Morgan fingerprint density at radius 2 is 1.70 bits per heavy atom. The Kier molecular flexibility index (Phi) is 8.07. The molecule has 116 valence electrons. The number of amides is 1. The van der Waals surface area contributed by atoms with Gasteiger partial charge in [-0.3, -0.25) is 4.79 Å². The molecular weight excluding hydrogens is 270 g/mol. The van der Waals surface area contributed by atoms with E-state index in [-0.39, 0.29) is 5.91 Å². The van der Waals surface area contributed by atoms with E-state index in [0.29, 0.717) is 30.4 Å². The first kappa shape index (κ1) is 17.4. The number of rotatable bonds is 7. The van der Waals surface area contributed by atoms with Gasteiger partial charge in [0.15, 0.2) is 0 Å². The van der Waals surface area contributed by atoms with Crippen LogP contribution in [0, 0.1) is 0 Å². The zero-order valence-electron chi connectivity index (χ0n) is 12.9. The third kappa shape index (κ3) is 6.66. The van der Waals surface area contributed by atoms with Crippen LogP contribution in [0.25, 0.3) is 0 Å². The Morgan fingerprint density at radius 3 is 2.25 bits per heavy atom. The molecule has 0 atom stereocenters. The summed E-state index contributed by atoms with van der Waals surface area (Å²) in [5, 5.41) is 0. The first-order valence-electron chi connectivity index (χ1n) is 7.73. The Balaban J connectivity index is 2.26. The normalized spacial score (nSPS) is 16.9. The molecule has 2 N–H and O–H groups in total. The number of nitrogens with zero attached hydrogens (tertiary/aromatic N) is 2. The van der Waals surface area contributed by atoms with E-state index in [1.165, 1.54) is 38.5 Å². The molecule has 0 heterocycles. The van der Waals surface area contributed by atoms with E-state index in [0.717, 1.165) is 6.54 Å². The van der Waals surface area contributed by atoms with Crippen molar-refractivity contribution in [1.29, 1.82) is 0 Å². The molecule has 0 aromatic rings. The monoisotopic (exact) mass is 299 g/mol. The van der Waals surface area contributed by atoms with E-state index < -0.39 is 0 Å². The summed E-state index contributed by atoms with van der Waals surface area (Å²) in [6, 6.07) is 0.659. The van der Waals surface area contributed by atoms with Crippen molar-refractivity contribution in [3.05, 3.63) is 0 Å². The van der Waals surface area contributed by atoms with Crippen molar-refractivity contribution < 1.29 is 4.79 Å². The maximum atomic E-state index is 12.0. The molecule has 1 saturated carbocycles. The van der Waals surface area contributed by atoms with Crippen LogP contribution in [0.4, 0.5) is 0 Å². The van der Waals surface area contributed by atoms with E-state index in [4.69, 9.17) is 18.0 Å². The summed E-state index contributed by atoms with van der Waals surface area (Å²) in [4.78, 5) is 16.6. The smallest absolute Gasteiger partial charge is 0.223 e. The second-order valence-corrected chi connectivity index (χ2v) is 6.43. The van der Waals surface area contributed by atoms with Gasteiger partial charge in [-0.2, -0.15) is 0 Å². The Bertz CT molecular complexity index is 314. The van der Waals surface area contributed by atoms with Crippen LogP contribution < -0.4 is 5.73 Å². The quantitative estimate of drug-likeness (QED) is 0.578. The van der Waals surface area contributed by atoms with Crippen molar-refractivity contribution in [1.82, 2.24) is 9.80 Å². The molecule has 0 aromatic carbocycles. The fourth-order valence-corrected chi connectivity index (χ4v) is 2.84. The Labute approximate surface area is 128 Å². The van der Waals surface area contributed by atoms with Crippen LogP contribution in [0.5, 0.6) is 0 Å². The highest BCUT2D eigenvalue weighted by Gasteiger charge is 2.18. The van der Waals surface area contributed by atoms with Gasteiger partial charge in [-0.05, 0) is 19.9 Å². The van der Waals surface area contributed by atoms with Crippen LogP contribution in [-0.4, -0.2) is 53.9 Å². The molecule has 4 nitrogen and oxygen atoms in total. The molecule has 0 aliphatic heterocycles. The third-order valence-electron chi connectivity index (χ3n) is 4.25. The zero-order valence-corrected chi connectivity index (χ0v) is 13.8. The fourth-order valence-electron chi connectivity index (χ4n) is 2.75. The third-order valence-corrected chi connectivity index (χ3v) is 4.45. The summed E-state index contributed by atoms with van der Waals surface area (Å²) in [5.41, 5.74) is 5.46. The fraction of sp³-hybridized carbons (Fsp3) is 0.867. The summed E-state index contributed by atoms with van der Waals surface area (Å²) in [6.45, 7) is 1.47. The molecule has 5 heteroatoms. The molecule has 1 fully saturated rings. The Morgan fingerprint density at radius 1 is 1.10 bits per heavy atom. The summed E-state index contributed by atoms with van der Waals surface area (Å²) in [5.74, 6) is 0.182. The molecule has 1 rings (SSSR count). The van der Waals surface area contributed by atoms with Crippen LogP contribution >= 0.6 is 12.2 Å². The van der Waals surface area contributed by atoms with Gasteiger partial charge in [0.25, 0.3) is 0 Å². The van der Waals surface area contributed by atoms with Gasteiger partial charge in [-0.15, -0.1) is 0 Å². The van der Waals surface area contributed by atoms with Gasteiger partial charge >= 0.3 is 0 Å². The number of nitrogens with two attached hydrogens (primary N) is 1. The molecule has 1 amide bonds. The minimum Gasteiger partial charge on any atom is -0.393 e. The van der Waals surface area contributed by atoms with Crippen LogP contribution in [0.3, 0.4) is 0 Å². The average molecular weight is 299 g/mol. The number of hydrogen-bond acceptors (Lipinski definition) is 3. The molecule has 0 saturated heterocycles. The van der Waals surface area contributed by atoms with E-state index >= 15 is 0 Å².